The number of aryl methyl sites for hydroxylation is 1. The van der Waals surface area contributed by atoms with Gasteiger partial charge in [-0.1, -0.05) is 54.6 Å². The molecule has 2 aromatic heterocycles. The Balaban J connectivity index is 1.19. The van der Waals surface area contributed by atoms with Crippen molar-refractivity contribution in [2.75, 3.05) is 13.1 Å². The molecule has 0 atom stereocenters. The highest BCUT2D eigenvalue weighted by Gasteiger charge is 2.33. The van der Waals surface area contributed by atoms with E-state index in [2.05, 4.69) is 63.7 Å². The van der Waals surface area contributed by atoms with Gasteiger partial charge >= 0.3 is 0 Å². The van der Waals surface area contributed by atoms with Gasteiger partial charge in [0.15, 0.2) is 5.69 Å². The van der Waals surface area contributed by atoms with Gasteiger partial charge in [0.2, 0.25) is 0 Å². The summed E-state index contributed by atoms with van der Waals surface area (Å²) >= 11 is 0. The second kappa shape index (κ2) is 10.7. The Morgan fingerprint density at radius 1 is 0.919 bits per heavy atom. The predicted molar refractivity (Wildman–Crippen MR) is 144 cm³/mol. The summed E-state index contributed by atoms with van der Waals surface area (Å²) in [5.74, 6) is -0.0608. The molecule has 1 amide bonds. The second-order valence-corrected chi connectivity index (χ2v) is 10.2. The van der Waals surface area contributed by atoms with Crippen LogP contribution in [0.1, 0.15) is 50.4 Å². The lowest BCUT2D eigenvalue weighted by Gasteiger charge is -2.32. The molecule has 0 bridgehead atoms. The fourth-order valence-corrected chi connectivity index (χ4v) is 5.81. The van der Waals surface area contributed by atoms with Crippen molar-refractivity contribution in [3.05, 3.63) is 118 Å². The van der Waals surface area contributed by atoms with Gasteiger partial charge in [0.05, 0.1) is 6.54 Å². The molecule has 2 aromatic carbocycles. The maximum Gasteiger partial charge on any atom is 0.272 e. The smallest absolute Gasteiger partial charge is 0.272 e. The maximum absolute atomic E-state index is 13.4. The van der Waals surface area contributed by atoms with Crippen LogP contribution >= 0.6 is 0 Å². The Morgan fingerprint density at radius 2 is 1.65 bits per heavy atom. The molecule has 0 spiro atoms. The minimum absolute atomic E-state index is 0.0608. The zero-order chi connectivity index (χ0) is 25.0. The third kappa shape index (κ3) is 5.20. The van der Waals surface area contributed by atoms with E-state index in [-0.39, 0.29) is 5.91 Å². The van der Waals surface area contributed by atoms with Gasteiger partial charge in [0, 0.05) is 55.7 Å². The van der Waals surface area contributed by atoms with E-state index in [0.29, 0.717) is 24.8 Å². The van der Waals surface area contributed by atoms with Crippen molar-refractivity contribution in [3.63, 3.8) is 0 Å². The number of nitrogens with zero attached hydrogens (tertiary/aromatic N) is 4. The number of aromatic nitrogens is 3. The Labute approximate surface area is 218 Å². The van der Waals surface area contributed by atoms with Crippen LogP contribution in [0.4, 0.5) is 0 Å². The summed E-state index contributed by atoms with van der Waals surface area (Å²) in [6.45, 7) is 3.06. The van der Waals surface area contributed by atoms with Crippen LogP contribution < -0.4 is 5.32 Å². The van der Waals surface area contributed by atoms with Crippen molar-refractivity contribution >= 4 is 5.91 Å². The standard InChI is InChI=1S/C31H33N5O/c37-31(33-15-6-9-23-7-2-1-3-8-23)30-28-22-35(27-19-25-10-4-5-11-26(25)20-27)18-14-29(28)36(34-30)21-24-12-16-32-17-13-24/h1-5,7-8,10-13,16-17,27H,6,9,14-15,18-22H2,(H,33,37). The molecule has 0 saturated carbocycles. The van der Waals surface area contributed by atoms with E-state index in [1.54, 1.807) is 0 Å². The van der Waals surface area contributed by atoms with Gasteiger partial charge < -0.3 is 5.32 Å². The number of pyridine rings is 1. The van der Waals surface area contributed by atoms with Crippen molar-refractivity contribution in [2.24, 2.45) is 0 Å². The number of benzene rings is 2. The number of carbonyl (C=O) groups is 1. The van der Waals surface area contributed by atoms with Crippen molar-refractivity contribution in [1.82, 2.24) is 25.0 Å². The van der Waals surface area contributed by atoms with Crippen LogP contribution in [0.15, 0.2) is 79.1 Å². The first-order chi connectivity index (χ1) is 18.2. The SMILES string of the molecule is O=C(NCCCc1ccccc1)c1nn(Cc2ccncc2)c2c1CN(C1Cc3ccccc3C1)CC2. The lowest BCUT2D eigenvalue weighted by molar-refractivity contribution is 0.0944. The topological polar surface area (TPSA) is 63.1 Å². The molecule has 0 unspecified atom stereocenters. The zero-order valence-electron chi connectivity index (χ0n) is 21.1. The first-order valence-electron chi connectivity index (χ1n) is 13.3. The van der Waals surface area contributed by atoms with Gasteiger partial charge in [-0.25, -0.2) is 0 Å². The molecule has 0 saturated heterocycles. The number of rotatable bonds is 8. The molecule has 2 aliphatic rings. The number of nitrogens with one attached hydrogen (secondary N) is 1. The quantitative estimate of drug-likeness (QED) is 0.375. The predicted octanol–water partition coefficient (Wildman–Crippen LogP) is 4.21. The van der Waals surface area contributed by atoms with Gasteiger partial charge in [-0.2, -0.15) is 5.10 Å². The molecule has 37 heavy (non-hydrogen) atoms. The van der Waals surface area contributed by atoms with Crippen molar-refractivity contribution in [1.29, 1.82) is 0 Å². The Morgan fingerprint density at radius 3 is 2.41 bits per heavy atom. The highest BCUT2D eigenvalue weighted by molar-refractivity contribution is 5.94. The van der Waals surface area contributed by atoms with Gasteiger partial charge in [-0.15, -0.1) is 0 Å². The lowest BCUT2D eigenvalue weighted by atomic mass is 10.0. The van der Waals surface area contributed by atoms with Crippen LogP contribution in [0.2, 0.25) is 0 Å². The monoisotopic (exact) mass is 491 g/mol. The highest BCUT2D eigenvalue weighted by Crippen LogP contribution is 2.31. The van der Waals surface area contributed by atoms with Crippen LogP contribution in [-0.2, 0) is 38.8 Å². The van der Waals surface area contributed by atoms with Crippen LogP contribution in [0.3, 0.4) is 0 Å². The maximum atomic E-state index is 13.4. The average molecular weight is 492 g/mol. The summed E-state index contributed by atoms with van der Waals surface area (Å²) in [6, 6.07) is 23.7. The zero-order valence-corrected chi connectivity index (χ0v) is 21.1. The van der Waals surface area contributed by atoms with Crippen molar-refractivity contribution in [3.8, 4) is 0 Å². The molecule has 0 fully saturated rings. The molecule has 188 valence electrons. The van der Waals surface area contributed by atoms with E-state index in [1.807, 2.05) is 35.3 Å². The third-order valence-electron chi connectivity index (χ3n) is 7.78. The van der Waals surface area contributed by atoms with E-state index < -0.39 is 0 Å². The van der Waals surface area contributed by atoms with Crippen molar-refractivity contribution in [2.45, 2.75) is 51.2 Å². The summed E-state index contributed by atoms with van der Waals surface area (Å²) in [5.41, 5.74) is 8.23. The first kappa shape index (κ1) is 23.6. The molecule has 6 nitrogen and oxygen atoms in total. The molecule has 6 heteroatoms. The molecule has 1 aliphatic carbocycles. The summed E-state index contributed by atoms with van der Waals surface area (Å²) in [7, 11) is 0. The molecular weight excluding hydrogens is 458 g/mol. The van der Waals surface area contributed by atoms with Crippen molar-refractivity contribution < 1.29 is 4.79 Å². The number of amides is 1. The van der Waals surface area contributed by atoms with Gasteiger partial charge in [0.25, 0.3) is 5.91 Å². The van der Waals surface area contributed by atoms with Crippen LogP contribution in [0.25, 0.3) is 0 Å². The molecule has 0 radical (unpaired) electrons. The van der Waals surface area contributed by atoms with Crippen LogP contribution in [0.5, 0.6) is 0 Å². The van der Waals surface area contributed by atoms with E-state index in [9.17, 15) is 4.79 Å². The molecule has 1 N–H and O–H groups in total. The van der Waals surface area contributed by atoms with E-state index in [0.717, 1.165) is 56.3 Å². The normalized spacial score (nSPS) is 15.4. The fourth-order valence-electron chi connectivity index (χ4n) is 5.81. The Hall–Kier alpha value is -3.77. The molecule has 4 aromatic rings. The molecule has 1 aliphatic heterocycles. The first-order valence-corrected chi connectivity index (χ1v) is 13.3. The molecule has 3 heterocycles. The number of carbonyl (C=O) groups excluding carboxylic acids is 1. The summed E-state index contributed by atoms with van der Waals surface area (Å²) in [4.78, 5) is 20.1. The Bertz CT molecular complexity index is 1340. The van der Waals surface area contributed by atoms with Gasteiger partial charge in [-0.3, -0.25) is 19.4 Å². The number of hydrogen-bond donors (Lipinski definition) is 1. The van der Waals surface area contributed by atoms with E-state index in [1.165, 1.54) is 22.4 Å². The minimum atomic E-state index is -0.0608. The Kier molecular flexibility index (Phi) is 6.82. The summed E-state index contributed by atoms with van der Waals surface area (Å²) < 4.78 is 2.05. The highest BCUT2D eigenvalue weighted by atomic mass is 16.1. The molecule has 6 rings (SSSR count). The van der Waals surface area contributed by atoms with Gasteiger partial charge in [-0.05, 0) is 60.1 Å². The summed E-state index contributed by atoms with van der Waals surface area (Å²) in [6.07, 6.45) is 8.54. The minimum Gasteiger partial charge on any atom is -0.351 e. The number of hydrogen-bond acceptors (Lipinski definition) is 4. The second-order valence-electron chi connectivity index (χ2n) is 10.2. The number of fused-ring (bicyclic) bond motifs is 2. The average Bonchev–Trinajstić information content (AvgIpc) is 3.54. The van der Waals surface area contributed by atoms with Crippen LogP contribution in [0, 0.1) is 0 Å². The molecular formula is C31H33N5O. The largest absolute Gasteiger partial charge is 0.351 e. The van der Waals surface area contributed by atoms with E-state index >= 15 is 0 Å². The van der Waals surface area contributed by atoms with Gasteiger partial charge in [0.1, 0.15) is 0 Å². The lowest BCUT2D eigenvalue weighted by Crippen LogP contribution is -2.40. The fraction of sp³-hybridized carbons (Fsp3) is 0.323. The third-order valence-corrected chi connectivity index (χ3v) is 7.78. The van der Waals surface area contributed by atoms with Crippen LogP contribution in [-0.4, -0.2) is 44.7 Å². The van der Waals surface area contributed by atoms with E-state index in [4.69, 9.17) is 5.10 Å². The summed E-state index contributed by atoms with van der Waals surface area (Å²) in [5, 5.41) is 8.03.